The number of amides is 1. The molecule has 4 aromatic rings. The number of aromatic nitrogens is 3. The first-order valence-electron chi connectivity index (χ1n) is 8.43. The number of nitrogens with zero attached hydrogens (tertiary/aromatic N) is 2. The van der Waals surface area contributed by atoms with Crippen LogP contribution in [-0.2, 0) is 6.42 Å². The number of para-hydroxylation sites is 1. The molecule has 130 valence electrons. The lowest BCUT2D eigenvalue weighted by atomic mass is 10.1. The number of carbonyl (C=O) groups is 1. The molecular formula is C20H18N4O2. The van der Waals surface area contributed by atoms with Gasteiger partial charge in [0, 0.05) is 41.6 Å². The molecule has 0 spiro atoms. The standard InChI is InChI=1S/C20H18N4O2/c1-13-15(16-4-2-3-5-17(16)24-13)8-9-23-20(25)26-14-6-7-18-19(12-14)22-11-10-21-18/h2-7,10-12,24H,8-9H2,1H3,(H,23,25). The number of benzene rings is 2. The van der Waals surface area contributed by atoms with Gasteiger partial charge in [-0.1, -0.05) is 18.2 Å². The summed E-state index contributed by atoms with van der Waals surface area (Å²) in [4.78, 5) is 23.8. The van der Waals surface area contributed by atoms with Gasteiger partial charge in [0.2, 0.25) is 0 Å². The highest BCUT2D eigenvalue weighted by molar-refractivity contribution is 5.84. The van der Waals surface area contributed by atoms with Gasteiger partial charge in [0.1, 0.15) is 5.75 Å². The zero-order valence-corrected chi connectivity index (χ0v) is 14.3. The van der Waals surface area contributed by atoms with E-state index in [1.807, 2.05) is 19.1 Å². The number of aromatic amines is 1. The number of aryl methyl sites for hydroxylation is 1. The van der Waals surface area contributed by atoms with Gasteiger partial charge in [-0.3, -0.25) is 9.97 Å². The second-order valence-corrected chi connectivity index (χ2v) is 6.05. The second-order valence-electron chi connectivity index (χ2n) is 6.05. The number of H-pyrrole nitrogens is 1. The van der Waals surface area contributed by atoms with E-state index in [4.69, 9.17) is 4.74 Å². The molecule has 2 aromatic heterocycles. The van der Waals surface area contributed by atoms with Gasteiger partial charge in [-0.15, -0.1) is 0 Å². The highest BCUT2D eigenvalue weighted by Gasteiger charge is 2.09. The number of hydrogen-bond donors (Lipinski definition) is 2. The maximum atomic E-state index is 12.0. The molecule has 0 atom stereocenters. The highest BCUT2D eigenvalue weighted by atomic mass is 16.6. The van der Waals surface area contributed by atoms with E-state index in [0.29, 0.717) is 17.8 Å². The number of nitrogens with one attached hydrogen (secondary N) is 2. The summed E-state index contributed by atoms with van der Waals surface area (Å²) in [6.07, 6.45) is 3.48. The first-order chi connectivity index (χ1) is 12.7. The van der Waals surface area contributed by atoms with Gasteiger partial charge in [0.15, 0.2) is 0 Å². The number of hydrogen-bond acceptors (Lipinski definition) is 4. The average Bonchev–Trinajstić information content (AvgIpc) is 2.97. The lowest BCUT2D eigenvalue weighted by molar-refractivity contribution is 0.200. The Morgan fingerprint density at radius 2 is 1.92 bits per heavy atom. The van der Waals surface area contributed by atoms with Crippen molar-refractivity contribution in [1.29, 1.82) is 0 Å². The molecule has 0 aliphatic rings. The highest BCUT2D eigenvalue weighted by Crippen LogP contribution is 2.22. The van der Waals surface area contributed by atoms with Crippen molar-refractivity contribution in [2.24, 2.45) is 0 Å². The van der Waals surface area contributed by atoms with Crippen LogP contribution in [0, 0.1) is 6.92 Å². The van der Waals surface area contributed by atoms with E-state index in [1.165, 1.54) is 10.9 Å². The van der Waals surface area contributed by atoms with Crippen LogP contribution in [0.5, 0.6) is 5.75 Å². The lowest BCUT2D eigenvalue weighted by Crippen LogP contribution is -2.28. The molecule has 0 saturated heterocycles. The van der Waals surface area contributed by atoms with Crippen LogP contribution in [0.25, 0.3) is 21.9 Å². The Balaban J connectivity index is 1.38. The Hall–Kier alpha value is -3.41. The van der Waals surface area contributed by atoms with Crippen LogP contribution in [0.3, 0.4) is 0 Å². The van der Waals surface area contributed by atoms with Gasteiger partial charge in [-0.05, 0) is 37.1 Å². The molecule has 0 aliphatic carbocycles. The van der Waals surface area contributed by atoms with Crippen molar-refractivity contribution in [3.05, 3.63) is 66.1 Å². The molecule has 6 heteroatoms. The van der Waals surface area contributed by atoms with E-state index >= 15 is 0 Å². The molecule has 2 heterocycles. The summed E-state index contributed by atoms with van der Waals surface area (Å²) in [5, 5.41) is 3.99. The van der Waals surface area contributed by atoms with Crippen LogP contribution in [0.15, 0.2) is 54.9 Å². The Labute approximate surface area is 150 Å². The van der Waals surface area contributed by atoms with Crippen LogP contribution in [-0.4, -0.2) is 27.6 Å². The molecule has 0 aliphatic heterocycles. The maximum Gasteiger partial charge on any atom is 0.412 e. The van der Waals surface area contributed by atoms with Crippen molar-refractivity contribution in [2.75, 3.05) is 6.54 Å². The molecule has 2 N–H and O–H groups in total. The predicted molar refractivity (Wildman–Crippen MR) is 100 cm³/mol. The van der Waals surface area contributed by atoms with Gasteiger partial charge in [-0.2, -0.15) is 0 Å². The van der Waals surface area contributed by atoms with Gasteiger partial charge >= 0.3 is 6.09 Å². The molecule has 6 nitrogen and oxygen atoms in total. The Bertz CT molecular complexity index is 1090. The fraction of sp³-hybridized carbons (Fsp3) is 0.150. The average molecular weight is 346 g/mol. The third kappa shape index (κ3) is 3.21. The Morgan fingerprint density at radius 3 is 2.81 bits per heavy atom. The molecule has 0 fully saturated rings. The van der Waals surface area contributed by atoms with E-state index in [2.05, 4.69) is 32.4 Å². The molecule has 2 aromatic carbocycles. The van der Waals surface area contributed by atoms with E-state index in [9.17, 15) is 4.79 Å². The minimum absolute atomic E-state index is 0.443. The Kier molecular flexibility index (Phi) is 4.23. The van der Waals surface area contributed by atoms with Crippen molar-refractivity contribution >= 4 is 28.0 Å². The van der Waals surface area contributed by atoms with Crippen LogP contribution in [0.4, 0.5) is 4.79 Å². The maximum absolute atomic E-state index is 12.0. The quantitative estimate of drug-likeness (QED) is 0.590. The smallest absolute Gasteiger partial charge is 0.410 e. The van der Waals surface area contributed by atoms with Crippen LogP contribution in [0.2, 0.25) is 0 Å². The summed E-state index contributed by atoms with van der Waals surface area (Å²) >= 11 is 0. The molecule has 26 heavy (non-hydrogen) atoms. The number of carbonyl (C=O) groups excluding carboxylic acids is 1. The molecule has 1 amide bonds. The summed E-state index contributed by atoms with van der Waals surface area (Å²) in [5.41, 5.74) is 4.89. The minimum Gasteiger partial charge on any atom is -0.410 e. The van der Waals surface area contributed by atoms with E-state index in [0.717, 1.165) is 23.1 Å². The van der Waals surface area contributed by atoms with E-state index in [1.54, 1.807) is 30.6 Å². The predicted octanol–water partition coefficient (Wildman–Crippen LogP) is 3.75. The molecule has 4 rings (SSSR count). The van der Waals surface area contributed by atoms with Gasteiger partial charge in [0.05, 0.1) is 11.0 Å². The summed E-state index contributed by atoms with van der Waals surface area (Å²) < 4.78 is 5.33. The SMILES string of the molecule is Cc1[nH]c2ccccc2c1CCNC(=O)Oc1ccc2nccnc2c1. The normalized spacial score (nSPS) is 11.0. The third-order valence-electron chi connectivity index (χ3n) is 4.32. The first-order valence-corrected chi connectivity index (χ1v) is 8.43. The largest absolute Gasteiger partial charge is 0.412 e. The van der Waals surface area contributed by atoms with Crippen molar-refractivity contribution in [1.82, 2.24) is 20.3 Å². The van der Waals surface area contributed by atoms with Gasteiger partial charge < -0.3 is 15.0 Å². The lowest BCUT2D eigenvalue weighted by Gasteiger charge is -2.07. The summed E-state index contributed by atoms with van der Waals surface area (Å²) in [6.45, 7) is 2.54. The van der Waals surface area contributed by atoms with Crippen molar-refractivity contribution < 1.29 is 9.53 Å². The summed E-state index contributed by atoms with van der Waals surface area (Å²) in [5.74, 6) is 0.443. The zero-order chi connectivity index (χ0) is 17.9. The van der Waals surface area contributed by atoms with Crippen LogP contribution < -0.4 is 10.1 Å². The Morgan fingerprint density at radius 1 is 1.12 bits per heavy atom. The molecule has 0 radical (unpaired) electrons. The fourth-order valence-corrected chi connectivity index (χ4v) is 3.10. The summed E-state index contributed by atoms with van der Waals surface area (Å²) in [6, 6.07) is 13.3. The fourth-order valence-electron chi connectivity index (χ4n) is 3.10. The molecular weight excluding hydrogens is 328 g/mol. The van der Waals surface area contributed by atoms with Crippen molar-refractivity contribution in [3.8, 4) is 5.75 Å². The van der Waals surface area contributed by atoms with Gasteiger partial charge in [0.25, 0.3) is 0 Å². The topological polar surface area (TPSA) is 79.9 Å². The minimum atomic E-state index is -0.481. The van der Waals surface area contributed by atoms with E-state index < -0.39 is 6.09 Å². The second kappa shape index (κ2) is 6.84. The third-order valence-corrected chi connectivity index (χ3v) is 4.32. The number of ether oxygens (including phenoxy) is 1. The molecule has 0 saturated carbocycles. The molecule has 0 unspecified atom stereocenters. The van der Waals surface area contributed by atoms with E-state index in [-0.39, 0.29) is 0 Å². The number of rotatable bonds is 4. The van der Waals surface area contributed by atoms with Crippen molar-refractivity contribution in [3.63, 3.8) is 0 Å². The monoisotopic (exact) mass is 346 g/mol. The summed E-state index contributed by atoms with van der Waals surface area (Å²) in [7, 11) is 0. The van der Waals surface area contributed by atoms with Crippen molar-refractivity contribution in [2.45, 2.75) is 13.3 Å². The number of fused-ring (bicyclic) bond motifs is 2. The first kappa shape index (κ1) is 16.1. The zero-order valence-electron chi connectivity index (χ0n) is 14.3. The van der Waals surface area contributed by atoms with Gasteiger partial charge in [-0.25, -0.2) is 4.79 Å². The van der Waals surface area contributed by atoms with Crippen LogP contribution in [0.1, 0.15) is 11.3 Å². The van der Waals surface area contributed by atoms with Crippen LogP contribution >= 0.6 is 0 Å². The molecule has 0 bridgehead atoms.